The Morgan fingerprint density at radius 2 is 1.80 bits per heavy atom. The Morgan fingerprint density at radius 1 is 1.60 bits per heavy atom. The fourth-order valence-corrected chi connectivity index (χ4v) is 0. The van der Waals surface area contributed by atoms with Gasteiger partial charge >= 0.3 is 0 Å². The smallest absolute Gasteiger partial charge is 0.264 e. The van der Waals surface area contributed by atoms with Gasteiger partial charge in [0.05, 0.1) is 0 Å². The molecule has 0 aromatic rings. The van der Waals surface area contributed by atoms with Crippen LogP contribution in [-0.4, -0.2) is 9.79 Å². The van der Waals surface area contributed by atoms with Crippen LogP contribution in [0.15, 0.2) is 0 Å². The standard InChI is InChI=1S/H5N2O2P/c1-2-5(3)4/h2-4H,1H2. The lowest BCUT2D eigenvalue weighted by Crippen LogP contribution is -2.13. The van der Waals surface area contributed by atoms with Crippen LogP contribution in [0.25, 0.3) is 0 Å². The first-order chi connectivity index (χ1) is 2.27. The number of rotatable bonds is 1. The number of hydrazine groups is 1. The topological polar surface area (TPSA) is 78.5 Å². The first-order valence-corrected chi connectivity index (χ1v) is 2.16. The second-order valence-electron chi connectivity index (χ2n) is 0.419. The van der Waals surface area contributed by atoms with Crippen LogP contribution in [0.1, 0.15) is 0 Å². The van der Waals surface area contributed by atoms with Crippen LogP contribution in [0.4, 0.5) is 0 Å². The van der Waals surface area contributed by atoms with E-state index in [2.05, 4.69) is 5.84 Å². The largest absolute Gasteiger partial charge is 0.337 e. The van der Waals surface area contributed by atoms with Crippen molar-refractivity contribution in [2.45, 2.75) is 0 Å². The lowest BCUT2D eigenvalue weighted by atomic mass is 13.0. The molecule has 0 aromatic carbocycles. The van der Waals surface area contributed by atoms with E-state index in [0.717, 1.165) is 0 Å². The average molecular weight is 96.0 g/mol. The summed E-state index contributed by atoms with van der Waals surface area (Å²) in [5.74, 6) is 4.45. The summed E-state index contributed by atoms with van der Waals surface area (Å²) in [6.07, 6.45) is 0. The quantitative estimate of drug-likeness (QED) is 0.185. The Kier molecular flexibility index (Phi) is 2.64. The van der Waals surface area contributed by atoms with E-state index >= 15 is 0 Å². The van der Waals surface area contributed by atoms with Gasteiger partial charge in [-0.3, -0.25) is 5.84 Å². The molecule has 0 saturated heterocycles. The Morgan fingerprint density at radius 3 is 1.80 bits per heavy atom. The van der Waals surface area contributed by atoms with Gasteiger partial charge in [-0.1, -0.05) is 0 Å². The molecule has 0 aliphatic carbocycles. The van der Waals surface area contributed by atoms with Gasteiger partial charge in [0.15, 0.2) is 0 Å². The van der Waals surface area contributed by atoms with Gasteiger partial charge in [0.25, 0.3) is 8.53 Å². The van der Waals surface area contributed by atoms with Crippen molar-refractivity contribution in [3.8, 4) is 0 Å². The number of hydrogen-bond donors (Lipinski definition) is 4. The highest BCUT2D eigenvalue weighted by Crippen LogP contribution is 2.10. The predicted octanol–water partition coefficient (Wildman–Crippen LogP) is -1.34. The maximum Gasteiger partial charge on any atom is 0.264 e. The zero-order valence-corrected chi connectivity index (χ0v) is 3.31. The van der Waals surface area contributed by atoms with E-state index in [0.29, 0.717) is 0 Å². The van der Waals surface area contributed by atoms with Crippen molar-refractivity contribution in [2.24, 2.45) is 5.84 Å². The van der Waals surface area contributed by atoms with Crippen LogP contribution in [0.5, 0.6) is 0 Å². The highest BCUT2D eigenvalue weighted by molar-refractivity contribution is 7.42. The van der Waals surface area contributed by atoms with E-state index in [-0.39, 0.29) is 0 Å². The summed E-state index contributed by atoms with van der Waals surface area (Å²) < 4.78 is 0. The van der Waals surface area contributed by atoms with E-state index in [1.807, 2.05) is 0 Å². The van der Waals surface area contributed by atoms with Crippen molar-refractivity contribution in [1.29, 1.82) is 0 Å². The Balaban J connectivity index is 2.54. The van der Waals surface area contributed by atoms with Crippen LogP contribution in [0.3, 0.4) is 0 Å². The SMILES string of the molecule is NNP(O)O. The molecule has 0 amide bonds. The predicted molar refractivity (Wildman–Crippen MR) is 18.7 cm³/mol. The highest BCUT2D eigenvalue weighted by atomic mass is 31.2. The lowest BCUT2D eigenvalue weighted by molar-refractivity contribution is 0.467. The van der Waals surface area contributed by atoms with Crippen LogP contribution < -0.4 is 11.0 Å². The van der Waals surface area contributed by atoms with Crippen LogP contribution in [0.2, 0.25) is 0 Å². The van der Waals surface area contributed by atoms with Crippen molar-refractivity contribution in [1.82, 2.24) is 5.20 Å². The first-order valence-electron chi connectivity index (χ1n) is 0.912. The molecule has 0 atom stereocenters. The van der Waals surface area contributed by atoms with Gasteiger partial charge in [0.2, 0.25) is 0 Å². The summed E-state index contributed by atoms with van der Waals surface area (Å²) in [5.41, 5.74) is 0. The molecule has 5 heavy (non-hydrogen) atoms. The maximum atomic E-state index is 7.75. The Labute approximate surface area is 30.6 Å². The molecule has 4 nitrogen and oxygen atoms in total. The minimum atomic E-state index is -2.07. The monoisotopic (exact) mass is 96.0 g/mol. The van der Waals surface area contributed by atoms with Crippen molar-refractivity contribution in [3.63, 3.8) is 0 Å². The molecule has 5 N–H and O–H groups in total. The second kappa shape index (κ2) is 2.50. The molecule has 0 radical (unpaired) electrons. The fourth-order valence-electron chi connectivity index (χ4n) is 0. The zero-order chi connectivity index (χ0) is 4.28. The average Bonchev–Trinajstić information content (AvgIpc) is 1.38. The van der Waals surface area contributed by atoms with Crippen molar-refractivity contribution < 1.29 is 9.79 Å². The summed E-state index contributed by atoms with van der Waals surface area (Å²) in [4.78, 5) is 15.5. The first kappa shape index (κ1) is 5.27. The molecule has 5 heteroatoms. The van der Waals surface area contributed by atoms with Crippen LogP contribution in [0, 0.1) is 0 Å². The minimum absolute atomic E-state index is 1.70. The third-order valence-electron chi connectivity index (χ3n) is 0.115. The second-order valence-corrected chi connectivity index (χ2v) is 1.26. The maximum absolute atomic E-state index is 7.75. The van der Waals surface area contributed by atoms with Gasteiger partial charge < -0.3 is 9.79 Å². The van der Waals surface area contributed by atoms with Gasteiger partial charge in [0.1, 0.15) is 0 Å². The normalized spacial score (nSPS) is 9.60. The molecule has 0 heterocycles. The highest BCUT2D eigenvalue weighted by Gasteiger charge is 1.83. The Bertz CT molecular complexity index is 21.6. The summed E-state index contributed by atoms with van der Waals surface area (Å²) >= 11 is 0. The third kappa shape index (κ3) is 4.27. The van der Waals surface area contributed by atoms with Crippen molar-refractivity contribution >= 4 is 8.53 Å². The van der Waals surface area contributed by atoms with E-state index in [9.17, 15) is 0 Å². The molecule has 0 unspecified atom stereocenters. The third-order valence-corrected chi connectivity index (χ3v) is 0.346. The Hall–Kier alpha value is 0.270. The van der Waals surface area contributed by atoms with E-state index in [1.165, 1.54) is 0 Å². The van der Waals surface area contributed by atoms with Crippen molar-refractivity contribution in [3.05, 3.63) is 0 Å². The molecule has 0 aliphatic heterocycles. The van der Waals surface area contributed by atoms with Gasteiger partial charge in [-0.05, 0) is 0 Å². The molecule has 0 rings (SSSR count). The number of nitrogens with one attached hydrogen (secondary N) is 1. The van der Waals surface area contributed by atoms with Gasteiger partial charge in [0, 0.05) is 0 Å². The van der Waals surface area contributed by atoms with Crippen molar-refractivity contribution in [2.75, 3.05) is 0 Å². The molecule has 0 spiro atoms. The summed E-state index contributed by atoms with van der Waals surface area (Å²) in [5, 5.41) is 1.70. The summed E-state index contributed by atoms with van der Waals surface area (Å²) in [6, 6.07) is 0. The molecular weight excluding hydrogens is 91.0 g/mol. The molecule has 0 fully saturated rings. The van der Waals surface area contributed by atoms with Gasteiger partial charge in [-0.2, -0.15) is 5.20 Å². The van der Waals surface area contributed by atoms with Gasteiger partial charge in [-0.25, -0.2) is 0 Å². The number of hydrogen-bond acceptors (Lipinski definition) is 4. The van der Waals surface area contributed by atoms with E-state index < -0.39 is 8.53 Å². The van der Waals surface area contributed by atoms with Gasteiger partial charge in [-0.15, -0.1) is 0 Å². The molecule has 0 bridgehead atoms. The molecular formula is H5N2O2P. The number of nitrogens with two attached hydrogens (primary N) is 1. The molecule has 0 aromatic heterocycles. The zero-order valence-electron chi connectivity index (χ0n) is 2.42. The summed E-state index contributed by atoms with van der Waals surface area (Å²) in [7, 11) is -2.07. The minimum Gasteiger partial charge on any atom is -0.337 e. The lowest BCUT2D eigenvalue weighted by Gasteiger charge is -1.91. The van der Waals surface area contributed by atoms with Crippen LogP contribution >= 0.6 is 8.53 Å². The fraction of sp³-hybridized carbons (Fsp3) is 0. The van der Waals surface area contributed by atoms with E-state index in [1.54, 1.807) is 5.20 Å². The molecule has 0 aliphatic rings. The van der Waals surface area contributed by atoms with Crippen LogP contribution in [-0.2, 0) is 0 Å². The van der Waals surface area contributed by atoms with E-state index in [4.69, 9.17) is 9.79 Å². The molecule has 32 valence electrons. The summed E-state index contributed by atoms with van der Waals surface area (Å²) in [6.45, 7) is 0. The molecule has 0 saturated carbocycles.